The minimum absolute atomic E-state index is 0.166. The topological polar surface area (TPSA) is 98.6 Å². The van der Waals surface area contributed by atoms with E-state index in [4.69, 9.17) is 4.84 Å². The summed E-state index contributed by atoms with van der Waals surface area (Å²) in [6.45, 7) is -0.458. The molecule has 3 rings (SSSR count). The zero-order valence-electron chi connectivity index (χ0n) is 11.1. The van der Waals surface area contributed by atoms with Crippen LogP contribution in [-0.4, -0.2) is 32.4 Å². The van der Waals surface area contributed by atoms with Gasteiger partial charge in [0.05, 0.1) is 11.1 Å². The highest BCUT2D eigenvalue weighted by Gasteiger charge is 2.38. The van der Waals surface area contributed by atoms with Crippen LogP contribution in [0.15, 0.2) is 47.5 Å². The van der Waals surface area contributed by atoms with Gasteiger partial charge in [0.2, 0.25) is 0 Å². The summed E-state index contributed by atoms with van der Waals surface area (Å²) < 4.78 is 1.00. The van der Waals surface area contributed by atoms with E-state index in [0.29, 0.717) is 5.06 Å². The van der Waals surface area contributed by atoms with Crippen LogP contribution in [0.3, 0.4) is 0 Å². The Morgan fingerprint density at radius 1 is 1.05 bits per heavy atom. The fourth-order valence-electron chi connectivity index (χ4n) is 2.03. The Labute approximate surface area is 123 Å². The molecular formula is C14H9N3O5. The van der Waals surface area contributed by atoms with Crippen molar-refractivity contribution in [2.45, 2.75) is 6.54 Å². The minimum Gasteiger partial charge on any atom is -0.328 e. The summed E-state index contributed by atoms with van der Waals surface area (Å²) in [5, 5.41) is 0.397. The Kier molecular flexibility index (Phi) is 3.26. The second-order valence-corrected chi connectivity index (χ2v) is 4.44. The first-order chi connectivity index (χ1) is 10.6. The van der Waals surface area contributed by atoms with Crippen molar-refractivity contribution in [3.63, 3.8) is 0 Å². The molecule has 0 spiro atoms. The van der Waals surface area contributed by atoms with Crippen molar-refractivity contribution in [2.75, 3.05) is 0 Å². The lowest BCUT2D eigenvalue weighted by Gasteiger charge is -2.12. The summed E-state index contributed by atoms with van der Waals surface area (Å²) in [7, 11) is 0. The van der Waals surface area contributed by atoms with E-state index in [1.54, 1.807) is 12.1 Å². The molecular weight excluding hydrogens is 290 g/mol. The Morgan fingerprint density at radius 3 is 2.27 bits per heavy atom. The number of amides is 2. The number of carbonyl (C=O) groups is 3. The predicted molar refractivity (Wildman–Crippen MR) is 71.5 cm³/mol. The van der Waals surface area contributed by atoms with E-state index in [-0.39, 0.29) is 11.1 Å². The summed E-state index contributed by atoms with van der Waals surface area (Å²) in [6, 6.07) is 7.61. The summed E-state index contributed by atoms with van der Waals surface area (Å²) in [4.78, 5) is 55.5. The van der Waals surface area contributed by atoms with Crippen LogP contribution in [0.5, 0.6) is 0 Å². The second kappa shape index (κ2) is 5.24. The Balaban J connectivity index is 1.76. The maximum atomic E-state index is 12.0. The van der Waals surface area contributed by atoms with Gasteiger partial charge in [-0.05, 0) is 18.2 Å². The summed E-state index contributed by atoms with van der Waals surface area (Å²) in [5.74, 6) is -2.36. The number of fused-ring (bicyclic) bond motifs is 1. The lowest BCUT2D eigenvalue weighted by atomic mass is 10.1. The molecule has 0 unspecified atom stereocenters. The third kappa shape index (κ3) is 2.26. The fraction of sp³-hybridized carbons (Fsp3) is 0.0714. The van der Waals surface area contributed by atoms with Crippen LogP contribution < -0.4 is 5.69 Å². The van der Waals surface area contributed by atoms with Crippen molar-refractivity contribution < 1.29 is 19.2 Å². The van der Waals surface area contributed by atoms with Crippen molar-refractivity contribution >= 4 is 17.8 Å². The Morgan fingerprint density at radius 2 is 1.68 bits per heavy atom. The van der Waals surface area contributed by atoms with E-state index in [1.165, 1.54) is 30.6 Å². The van der Waals surface area contributed by atoms with Gasteiger partial charge < -0.3 is 4.84 Å². The van der Waals surface area contributed by atoms with Gasteiger partial charge in [-0.3, -0.25) is 14.2 Å². The maximum Gasteiger partial charge on any atom is 0.352 e. The average molecular weight is 299 g/mol. The zero-order chi connectivity index (χ0) is 15.7. The summed E-state index contributed by atoms with van der Waals surface area (Å²) >= 11 is 0. The van der Waals surface area contributed by atoms with Gasteiger partial charge in [-0.25, -0.2) is 14.6 Å². The van der Waals surface area contributed by atoms with Gasteiger partial charge in [0, 0.05) is 12.4 Å². The van der Waals surface area contributed by atoms with Crippen LogP contribution in [0.1, 0.15) is 20.7 Å². The van der Waals surface area contributed by atoms with Crippen molar-refractivity contribution in [3.8, 4) is 0 Å². The van der Waals surface area contributed by atoms with Gasteiger partial charge in [-0.2, -0.15) is 0 Å². The molecule has 0 N–H and O–H groups in total. The molecule has 2 amide bonds. The van der Waals surface area contributed by atoms with Crippen LogP contribution in [0.4, 0.5) is 0 Å². The molecule has 8 nitrogen and oxygen atoms in total. The van der Waals surface area contributed by atoms with Crippen molar-refractivity contribution in [3.05, 3.63) is 64.3 Å². The molecule has 0 atom stereocenters. The third-order valence-corrected chi connectivity index (χ3v) is 3.03. The van der Waals surface area contributed by atoms with E-state index >= 15 is 0 Å². The lowest BCUT2D eigenvalue weighted by Crippen LogP contribution is -2.35. The number of rotatable bonds is 3. The maximum absolute atomic E-state index is 12.0. The smallest absolute Gasteiger partial charge is 0.328 e. The molecule has 110 valence electrons. The number of benzene rings is 1. The van der Waals surface area contributed by atoms with Gasteiger partial charge in [-0.1, -0.05) is 17.2 Å². The first-order valence-electron chi connectivity index (χ1n) is 6.28. The predicted octanol–water partition coefficient (Wildman–Crippen LogP) is -0.00230. The molecule has 0 saturated carbocycles. The summed E-state index contributed by atoms with van der Waals surface area (Å²) in [6.07, 6.45) is 2.63. The van der Waals surface area contributed by atoms with E-state index in [0.717, 1.165) is 4.57 Å². The molecule has 1 aliphatic heterocycles. The SMILES string of the molecule is O=C(Cn1cccnc1=O)ON1C(=O)c2ccccc2C1=O. The quantitative estimate of drug-likeness (QED) is 0.740. The Hall–Kier alpha value is -3.29. The molecule has 0 radical (unpaired) electrons. The molecule has 0 saturated heterocycles. The van der Waals surface area contributed by atoms with Crippen molar-refractivity contribution in [1.82, 2.24) is 14.6 Å². The molecule has 2 heterocycles. The van der Waals surface area contributed by atoms with E-state index < -0.39 is 30.0 Å². The van der Waals surface area contributed by atoms with Crippen LogP contribution in [0, 0.1) is 0 Å². The van der Waals surface area contributed by atoms with Crippen LogP contribution >= 0.6 is 0 Å². The van der Waals surface area contributed by atoms with Gasteiger partial charge in [0.25, 0.3) is 11.8 Å². The zero-order valence-corrected chi connectivity index (χ0v) is 11.1. The second-order valence-electron chi connectivity index (χ2n) is 4.44. The third-order valence-electron chi connectivity index (χ3n) is 3.03. The molecule has 0 fully saturated rings. The van der Waals surface area contributed by atoms with Crippen LogP contribution in [0.2, 0.25) is 0 Å². The number of hydrogen-bond acceptors (Lipinski definition) is 6. The molecule has 22 heavy (non-hydrogen) atoms. The standard InChI is InChI=1S/C14H9N3O5/c18-11(8-16-7-3-6-15-14(16)21)22-17-12(19)9-4-1-2-5-10(9)13(17)20/h1-7H,8H2. The molecule has 2 aromatic rings. The monoisotopic (exact) mass is 299 g/mol. The van der Waals surface area contributed by atoms with Gasteiger partial charge in [-0.15, -0.1) is 0 Å². The molecule has 1 aromatic heterocycles. The normalized spacial score (nSPS) is 13.2. The first-order valence-corrected chi connectivity index (χ1v) is 6.28. The number of carbonyl (C=O) groups excluding carboxylic acids is 3. The van der Waals surface area contributed by atoms with Gasteiger partial charge in [0.1, 0.15) is 6.54 Å². The van der Waals surface area contributed by atoms with Gasteiger partial charge >= 0.3 is 11.7 Å². The highest BCUT2D eigenvalue weighted by Crippen LogP contribution is 2.22. The van der Waals surface area contributed by atoms with Crippen molar-refractivity contribution in [1.29, 1.82) is 0 Å². The number of hydroxylamine groups is 2. The molecule has 8 heteroatoms. The largest absolute Gasteiger partial charge is 0.352 e. The highest BCUT2D eigenvalue weighted by molar-refractivity contribution is 6.20. The lowest BCUT2D eigenvalue weighted by molar-refractivity contribution is -0.169. The first kappa shape index (κ1) is 13.7. The van der Waals surface area contributed by atoms with Crippen LogP contribution in [0.25, 0.3) is 0 Å². The highest BCUT2D eigenvalue weighted by atomic mass is 16.7. The van der Waals surface area contributed by atoms with E-state index in [2.05, 4.69) is 4.98 Å². The van der Waals surface area contributed by atoms with Crippen molar-refractivity contribution in [2.24, 2.45) is 0 Å². The molecule has 1 aromatic carbocycles. The fourth-order valence-corrected chi connectivity index (χ4v) is 2.03. The van der Waals surface area contributed by atoms with E-state index in [9.17, 15) is 19.2 Å². The number of aromatic nitrogens is 2. The average Bonchev–Trinajstić information content (AvgIpc) is 2.75. The minimum atomic E-state index is -0.926. The van der Waals surface area contributed by atoms with Gasteiger partial charge in [0.15, 0.2) is 0 Å². The molecule has 0 bridgehead atoms. The number of imide groups is 1. The molecule has 1 aliphatic rings. The summed E-state index contributed by atoms with van der Waals surface area (Å²) in [5.41, 5.74) is -0.306. The van der Waals surface area contributed by atoms with E-state index in [1.807, 2.05) is 0 Å². The van der Waals surface area contributed by atoms with Crippen LogP contribution in [-0.2, 0) is 16.2 Å². The molecule has 0 aliphatic carbocycles. The number of nitrogens with zero attached hydrogens (tertiary/aromatic N) is 3. The number of hydrogen-bond donors (Lipinski definition) is 0. The Bertz CT molecular complexity index is 807.